The summed E-state index contributed by atoms with van der Waals surface area (Å²) >= 11 is 3.35. The third-order valence-corrected chi connectivity index (χ3v) is 2.31. The molecule has 13 heavy (non-hydrogen) atoms. The van der Waals surface area contributed by atoms with E-state index in [0.29, 0.717) is 0 Å². The lowest BCUT2D eigenvalue weighted by Crippen LogP contribution is -1.93. The van der Waals surface area contributed by atoms with Crippen LogP contribution in [0.3, 0.4) is 0 Å². The number of alkyl halides is 1. The number of hydrogen-bond acceptors (Lipinski definition) is 2. The molecule has 2 rings (SSSR count). The molecular weight excluding hydrogens is 232 g/mol. The van der Waals surface area contributed by atoms with Crippen LogP contribution in [0.15, 0.2) is 24.7 Å². The third kappa shape index (κ3) is 1.65. The molecular formula is C8H9BrN4. The molecule has 68 valence electrons. The zero-order valence-electron chi connectivity index (χ0n) is 7.18. The van der Waals surface area contributed by atoms with E-state index in [1.807, 2.05) is 30.2 Å². The van der Waals surface area contributed by atoms with Crippen molar-refractivity contribution in [1.82, 2.24) is 19.6 Å². The van der Waals surface area contributed by atoms with E-state index in [-0.39, 0.29) is 0 Å². The largest absolute Gasteiger partial charge is 0.274 e. The predicted molar refractivity (Wildman–Crippen MR) is 53.0 cm³/mol. The fourth-order valence-electron chi connectivity index (χ4n) is 1.10. The average molecular weight is 241 g/mol. The van der Waals surface area contributed by atoms with Crippen molar-refractivity contribution in [1.29, 1.82) is 0 Å². The number of rotatable bonds is 2. The van der Waals surface area contributed by atoms with Crippen molar-refractivity contribution >= 4 is 15.9 Å². The Bertz CT molecular complexity index is 404. The lowest BCUT2D eigenvalue weighted by Gasteiger charge is -1.93. The standard InChI is InChI=1S/C8H9BrN4/c1-12-6-8(5-10-12)13-3-2-7(4-9)11-13/h2-3,5-6H,4H2,1H3. The maximum atomic E-state index is 4.33. The van der Waals surface area contributed by atoms with Crippen molar-refractivity contribution in [3.63, 3.8) is 0 Å². The molecule has 0 bridgehead atoms. The average Bonchev–Trinajstić information content (AvgIpc) is 2.71. The van der Waals surface area contributed by atoms with Crippen molar-refractivity contribution in [3.05, 3.63) is 30.4 Å². The molecule has 0 saturated heterocycles. The van der Waals surface area contributed by atoms with Gasteiger partial charge >= 0.3 is 0 Å². The summed E-state index contributed by atoms with van der Waals surface area (Å²) in [5.74, 6) is 0. The zero-order valence-corrected chi connectivity index (χ0v) is 8.77. The monoisotopic (exact) mass is 240 g/mol. The van der Waals surface area contributed by atoms with Gasteiger partial charge in [0.05, 0.1) is 18.1 Å². The van der Waals surface area contributed by atoms with Crippen LogP contribution in [-0.2, 0) is 12.4 Å². The first-order valence-electron chi connectivity index (χ1n) is 3.89. The Morgan fingerprint density at radius 3 is 2.92 bits per heavy atom. The van der Waals surface area contributed by atoms with Crippen LogP contribution in [0.5, 0.6) is 0 Å². The minimum atomic E-state index is 0.778. The van der Waals surface area contributed by atoms with Gasteiger partial charge in [-0.2, -0.15) is 10.2 Å². The van der Waals surface area contributed by atoms with E-state index in [1.54, 1.807) is 10.9 Å². The highest BCUT2D eigenvalue weighted by atomic mass is 79.9. The Balaban J connectivity index is 2.35. The van der Waals surface area contributed by atoms with E-state index in [4.69, 9.17) is 0 Å². The van der Waals surface area contributed by atoms with Gasteiger partial charge in [0.15, 0.2) is 0 Å². The van der Waals surface area contributed by atoms with E-state index in [0.717, 1.165) is 16.7 Å². The van der Waals surface area contributed by atoms with Crippen molar-refractivity contribution in [2.75, 3.05) is 0 Å². The Kier molecular flexibility index (Phi) is 2.18. The number of hydrogen-bond donors (Lipinski definition) is 0. The molecule has 2 heterocycles. The molecule has 0 unspecified atom stereocenters. The second kappa shape index (κ2) is 3.33. The fraction of sp³-hybridized carbons (Fsp3) is 0.250. The van der Waals surface area contributed by atoms with Crippen molar-refractivity contribution in [2.24, 2.45) is 7.05 Å². The van der Waals surface area contributed by atoms with Gasteiger partial charge in [-0.1, -0.05) is 15.9 Å². The number of aryl methyl sites for hydroxylation is 1. The summed E-state index contributed by atoms with van der Waals surface area (Å²) in [6.45, 7) is 0. The van der Waals surface area contributed by atoms with Crippen molar-refractivity contribution in [3.8, 4) is 5.69 Å². The predicted octanol–water partition coefficient (Wildman–Crippen LogP) is 1.50. The molecule has 0 N–H and O–H groups in total. The smallest absolute Gasteiger partial charge is 0.102 e. The number of halogens is 1. The van der Waals surface area contributed by atoms with E-state index in [2.05, 4.69) is 26.1 Å². The highest BCUT2D eigenvalue weighted by molar-refractivity contribution is 9.08. The fourth-order valence-corrected chi connectivity index (χ4v) is 1.40. The highest BCUT2D eigenvalue weighted by Crippen LogP contribution is 2.07. The Morgan fingerprint density at radius 2 is 2.38 bits per heavy atom. The summed E-state index contributed by atoms with van der Waals surface area (Å²) in [4.78, 5) is 0. The van der Waals surface area contributed by atoms with Gasteiger partial charge in [-0.25, -0.2) is 4.68 Å². The van der Waals surface area contributed by atoms with Crippen LogP contribution < -0.4 is 0 Å². The summed E-state index contributed by atoms with van der Waals surface area (Å²) in [5.41, 5.74) is 2.00. The minimum absolute atomic E-state index is 0.778. The van der Waals surface area contributed by atoms with Gasteiger partial charge in [0.25, 0.3) is 0 Å². The van der Waals surface area contributed by atoms with Crippen LogP contribution in [0.1, 0.15) is 5.69 Å². The summed E-state index contributed by atoms with van der Waals surface area (Å²) < 4.78 is 3.56. The van der Waals surface area contributed by atoms with Crippen molar-refractivity contribution in [2.45, 2.75) is 5.33 Å². The molecule has 0 amide bonds. The van der Waals surface area contributed by atoms with Gasteiger partial charge in [0.1, 0.15) is 5.69 Å². The van der Waals surface area contributed by atoms with Crippen LogP contribution in [0, 0.1) is 0 Å². The van der Waals surface area contributed by atoms with Crippen LogP contribution in [0.4, 0.5) is 0 Å². The van der Waals surface area contributed by atoms with Gasteiger partial charge in [0.2, 0.25) is 0 Å². The quantitative estimate of drug-likeness (QED) is 0.747. The molecule has 2 aromatic heterocycles. The normalized spacial score (nSPS) is 10.6. The topological polar surface area (TPSA) is 35.6 Å². The molecule has 0 atom stereocenters. The van der Waals surface area contributed by atoms with Crippen molar-refractivity contribution < 1.29 is 0 Å². The first-order chi connectivity index (χ1) is 6.29. The summed E-state index contributed by atoms with van der Waals surface area (Å²) in [5, 5.41) is 9.18. The molecule has 0 spiro atoms. The van der Waals surface area contributed by atoms with Gasteiger partial charge in [-0.15, -0.1) is 0 Å². The molecule has 4 nitrogen and oxygen atoms in total. The molecule has 0 aliphatic carbocycles. The lowest BCUT2D eigenvalue weighted by molar-refractivity contribution is 0.765. The molecule has 5 heteroatoms. The highest BCUT2D eigenvalue weighted by Gasteiger charge is 2.01. The minimum Gasteiger partial charge on any atom is -0.274 e. The third-order valence-electron chi connectivity index (χ3n) is 1.74. The summed E-state index contributed by atoms with van der Waals surface area (Å²) in [7, 11) is 1.89. The maximum absolute atomic E-state index is 4.33. The molecule has 0 aliphatic rings. The Labute approximate surface area is 84.3 Å². The molecule has 0 aliphatic heterocycles. The SMILES string of the molecule is Cn1cc(-n2ccc(CBr)n2)cn1. The summed E-state index contributed by atoms with van der Waals surface area (Å²) in [6, 6.07) is 1.97. The van der Waals surface area contributed by atoms with Crippen LogP contribution in [-0.4, -0.2) is 19.6 Å². The molecule has 2 aromatic rings. The van der Waals surface area contributed by atoms with Crippen LogP contribution in [0.25, 0.3) is 5.69 Å². The number of aromatic nitrogens is 4. The molecule has 0 saturated carbocycles. The first-order valence-corrected chi connectivity index (χ1v) is 5.01. The molecule has 0 aromatic carbocycles. The van der Waals surface area contributed by atoms with E-state index < -0.39 is 0 Å². The maximum Gasteiger partial charge on any atom is 0.102 e. The van der Waals surface area contributed by atoms with Crippen LogP contribution in [0.2, 0.25) is 0 Å². The van der Waals surface area contributed by atoms with Gasteiger partial charge in [-0.05, 0) is 6.07 Å². The Morgan fingerprint density at radius 1 is 1.54 bits per heavy atom. The van der Waals surface area contributed by atoms with Gasteiger partial charge in [-0.3, -0.25) is 4.68 Å². The molecule has 0 radical (unpaired) electrons. The van der Waals surface area contributed by atoms with Gasteiger partial charge in [0, 0.05) is 18.6 Å². The lowest BCUT2D eigenvalue weighted by atomic mass is 10.5. The van der Waals surface area contributed by atoms with Crippen LogP contribution >= 0.6 is 15.9 Å². The first kappa shape index (κ1) is 8.50. The summed E-state index contributed by atoms with van der Waals surface area (Å²) in [6.07, 6.45) is 5.63. The number of nitrogens with zero attached hydrogens (tertiary/aromatic N) is 4. The second-order valence-corrected chi connectivity index (χ2v) is 3.32. The second-order valence-electron chi connectivity index (χ2n) is 2.76. The molecule has 0 fully saturated rings. The van der Waals surface area contributed by atoms with E-state index in [1.165, 1.54) is 0 Å². The van der Waals surface area contributed by atoms with Gasteiger partial charge < -0.3 is 0 Å². The van der Waals surface area contributed by atoms with E-state index in [9.17, 15) is 0 Å². The zero-order chi connectivity index (χ0) is 9.26. The Hall–Kier alpha value is -1.10. The van der Waals surface area contributed by atoms with E-state index >= 15 is 0 Å².